The lowest BCUT2D eigenvalue weighted by Gasteiger charge is -2.36. The molecule has 4 fully saturated rings. The number of terminal acetylenes is 1. The molecule has 5 aliphatic heterocycles. The smallest absolute Gasteiger partial charge is 0.254 e. The number of halogens is 5. The number of aliphatic imine (C=N–C) groups is 3. The van der Waals surface area contributed by atoms with Crippen molar-refractivity contribution in [3.05, 3.63) is 130 Å². The quantitative estimate of drug-likeness (QED) is 0.0423. The summed E-state index contributed by atoms with van der Waals surface area (Å²) in [5, 5.41) is 29.0. The monoisotopic (exact) mass is 1120 g/mol. The van der Waals surface area contributed by atoms with Gasteiger partial charge in [0.15, 0.2) is 11.6 Å². The number of allylic oxidation sites excluding steroid dienone is 2. The van der Waals surface area contributed by atoms with Crippen molar-refractivity contribution in [2.45, 2.75) is 95.1 Å². The summed E-state index contributed by atoms with van der Waals surface area (Å²) < 4.78 is 89.3. The van der Waals surface area contributed by atoms with E-state index in [1.807, 2.05) is 18.7 Å². The summed E-state index contributed by atoms with van der Waals surface area (Å²) >= 11 is 0. The van der Waals surface area contributed by atoms with Crippen LogP contribution < -0.4 is 15.4 Å². The van der Waals surface area contributed by atoms with Crippen molar-refractivity contribution in [3.63, 3.8) is 0 Å². The minimum Gasteiger partial charge on any atom is -0.508 e. The van der Waals surface area contributed by atoms with Crippen molar-refractivity contribution < 1.29 is 51.0 Å². The van der Waals surface area contributed by atoms with Crippen LogP contribution in [0.3, 0.4) is 0 Å². The first-order chi connectivity index (χ1) is 39.0. The number of likely N-dealkylation sites (tertiary alicyclic amines) is 3. The van der Waals surface area contributed by atoms with Crippen molar-refractivity contribution in [3.8, 4) is 35.1 Å². The molecular weight excluding hydrogens is 1050 g/mol. The number of piperidine rings is 1. The number of amides is 2. The van der Waals surface area contributed by atoms with Gasteiger partial charge in [0.25, 0.3) is 5.88 Å². The summed E-state index contributed by atoms with van der Waals surface area (Å²) in [4.78, 5) is 47.4. The average Bonchev–Trinajstić information content (AvgIpc) is 4.26. The molecule has 1 aromatic heterocycles. The van der Waals surface area contributed by atoms with E-state index >= 15 is 13.2 Å². The summed E-state index contributed by atoms with van der Waals surface area (Å²) in [6.45, 7) is 11.8. The van der Waals surface area contributed by atoms with Crippen LogP contribution in [-0.4, -0.2) is 144 Å². The van der Waals surface area contributed by atoms with Crippen molar-refractivity contribution in [1.29, 1.82) is 0 Å². The molecule has 6 heterocycles. The highest BCUT2D eigenvalue weighted by atomic mass is 19.2. The number of alkyl halides is 1. The Balaban J connectivity index is 0.00000392. The molecule has 426 valence electrons. The van der Waals surface area contributed by atoms with Gasteiger partial charge in [-0.1, -0.05) is 56.2 Å². The minimum absolute atomic E-state index is 0.0209. The number of aromatic nitrogens is 1. The number of carbonyl (C=O) groups excluding carboxylic acids is 2. The molecule has 81 heavy (non-hydrogen) atoms. The first-order valence-corrected chi connectivity index (χ1v) is 27.3. The van der Waals surface area contributed by atoms with E-state index < -0.39 is 46.9 Å². The lowest BCUT2D eigenvalue weighted by Crippen LogP contribution is -2.50. The van der Waals surface area contributed by atoms with Gasteiger partial charge in [0.2, 0.25) is 11.8 Å². The fourth-order valence-corrected chi connectivity index (χ4v) is 11.7. The van der Waals surface area contributed by atoms with Crippen LogP contribution in [0, 0.1) is 35.7 Å². The molecule has 2 bridgehead atoms. The molecule has 20 heteroatoms. The predicted octanol–water partition coefficient (Wildman–Crippen LogP) is 9.21. The molecule has 0 aliphatic carbocycles. The first-order valence-electron chi connectivity index (χ1n) is 27.3. The van der Waals surface area contributed by atoms with Gasteiger partial charge in [-0.25, -0.2) is 26.9 Å². The zero-order valence-electron chi connectivity index (χ0n) is 45.7. The van der Waals surface area contributed by atoms with Crippen LogP contribution in [0.5, 0.6) is 11.6 Å². The number of hydrogen-bond acceptors (Lipinski definition) is 13. The van der Waals surface area contributed by atoms with Crippen LogP contribution in [0.2, 0.25) is 0 Å². The number of aliphatic hydroxyl groups excluding tert-OH is 1. The Bertz CT molecular complexity index is 3310. The van der Waals surface area contributed by atoms with E-state index in [2.05, 4.69) is 43.3 Å². The number of phenolic OH excluding ortho intramolecular Hbond substituents is 1. The van der Waals surface area contributed by atoms with Crippen molar-refractivity contribution in [2.24, 2.45) is 20.9 Å². The number of hydrogen-bond donors (Lipinski definition) is 4. The second kappa shape index (κ2) is 25.0. The van der Waals surface area contributed by atoms with E-state index in [9.17, 15) is 23.5 Å². The summed E-state index contributed by atoms with van der Waals surface area (Å²) in [6, 6.07) is 16.4. The molecule has 15 nitrogen and oxygen atoms in total. The molecule has 4 saturated heterocycles. The van der Waals surface area contributed by atoms with Gasteiger partial charge in [0, 0.05) is 81.7 Å². The molecule has 5 aromatic rings. The second-order valence-electron chi connectivity index (χ2n) is 21.5. The maximum atomic E-state index is 17.3. The Labute approximate surface area is 467 Å². The third-order valence-corrected chi connectivity index (χ3v) is 15.9. The van der Waals surface area contributed by atoms with E-state index in [0.29, 0.717) is 80.0 Å². The minimum atomic E-state index is -1.73. The van der Waals surface area contributed by atoms with E-state index in [0.717, 1.165) is 20.0 Å². The predicted molar refractivity (Wildman–Crippen MR) is 301 cm³/mol. The van der Waals surface area contributed by atoms with Crippen LogP contribution in [-0.2, 0) is 9.59 Å². The summed E-state index contributed by atoms with van der Waals surface area (Å²) in [5.74, 6) is -1.72. The second-order valence-corrected chi connectivity index (χ2v) is 21.5. The molecule has 0 spiro atoms. The number of benzene rings is 4. The van der Waals surface area contributed by atoms with Crippen molar-refractivity contribution in [2.75, 3.05) is 59.5 Å². The van der Waals surface area contributed by atoms with Crippen LogP contribution >= 0.6 is 0 Å². The Morgan fingerprint density at radius 3 is 2.33 bits per heavy atom. The summed E-state index contributed by atoms with van der Waals surface area (Å²) in [6.07, 6.45) is 10.5. The van der Waals surface area contributed by atoms with E-state index in [1.54, 1.807) is 36.1 Å². The molecule has 10 rings (SSSR count). The Hall–Kier alpha value is -7.73. The highest BCUT2D eigenvalue weighted by Gasteiger charge is 2.42. The number of rotatable bonds is 16. The van der Waals surface area contributed by atoms with Gasteiger partial charge >= 0.3 is 0 Å². The van der Waals surface area contributed by atoms with Crippen LogP contribution in [0.25, 0.3) is 27.6 Å². The number of piperazine rings is 1. The van der Waals surface area contributed by atoms with Crippen LogP contribution in [0.15, 0.2) is 110 Å². The maximum Gasteiger partial charge on any atom is 0.254 e. The van der Waals surface area contributed by atoms with Crippen LogP contribution in [0.4, 0.5) is 22.0 Å². The van der Waals surface area contributed by atoms with Crippen molar-refractivity contribution in [1.82, 2.24) is 30.5 Å². The Morgan fingerprint density at radius 1 is 0.963 bits per heavy atom. The number of aromatic hydroxyl groups is 1. The Morgan fingerprint density at radius 2 is 1.67 bits per heavy atom. The summed E-state index contributed by atoms with van der Waals surface area (Å²) in [5.41, 5.74) is -0.681. The standard InChI is InChI=1S/C60H62F5N9O5.CH4O/c1-6-42-45(61)19-16-38-27-41(75)28-43(52(38)42)55-54(64)56(44(30-68-55)57(66-5)73-31-39-17-18-40(32-73)70-39)67-22-26-72-24-20-60(65,21-25-72)33-78-50-29-49(79-71-50)51(34(2)3)59(77)74-23-8-11-48(74)58(76)69-35(4)36-12-14-37(15-13-36)53-46(62)9-7-10-47(53)63;1-2/h1,7,9-10,12-16,19,27-30,34-35,39-40,48,51,70,75H,5,8,11,17-18,20-26,31-33H2,2-4H3,(H,69,76);2H,1H3/b57-44+,67-56?;. The molecule has 5 atom stereocenters. The zero-order chi connectivity index (χ0) is 57.7. The molecule has 5 unspecified atom stereocenters. The molecule has 4 aromatic carbocycles. The number of carbonyl (C=O) groups is 2. The number of nitrogens with one attached hydrogen (secondary N) is 2. The third kappa shape index (κ3) is 12.3. The molecule has 4 N–H and O–H groups in total. The number of nitrogens with zero attached hydrogens (tertiary/aromatic N) is 7. The highest BCUT2D eigenvalue weighted by Crippen LogP contribution is 2.40. The topological polar surface area (TPSA) is 181 Å². The lowest BCUT2D eigenvalue weighted by atomic mass is 9.91. The number of ether oxygens (including phenoxy) is 1. The van der Waals surface area contributed by atoms with Gasteiger partial charge in [-0.15, -0.1) is 6.42 Å². The fraction of sp³-hybridized carbons (Fsp3) is 0.410. The zero-order valence-corrected chi connectivity index (χ0v) is 45.7. The Kier molecular flexibility index (Phi) is 17.9. The molecule has 0 saturated carbocycles. The number of fused-ring (bicyclic) bond motifs is 3. The SMILES string of the molecule is C#Cc1c(F)ccc2cc(O)cc(C3=C(F)C(=NCCN4CCC(F)(COc5cc(C(C(=O)N6CCCC6C(=O)NC(C)c6ccc(-c7c(F)cccc7F)cc6)C(C)C)on5)CC4)/C(=C(\N=C)N4CC5CCC(C4)N5)C=N3)c12.CO. The molecular formula is C61H66F5N9O6. The normalized spacial score (nSPS) is 21.7. The lowest BCUT2D eigenvalue weighted by molar-refractivity contribution is -0.141. The van der Waals surface area contributed by atoms with Gasteiger partial charge < -0.3 is 44.8 Å². The van der Waals surface area contributed by atoms with Gasteiger partial charge in [0.05, 0.1) is 29.3 Å². The van der Waals surface area contributed by atoms with E-state index in [1.165, 1.54) is 54.7 Å². The van der Waals surface area contributed by atoms with E-state index in [4.69, 9.17) is 25.8 Å². The van der Waals surface area contributed by atoms with Gasteiger partial charge in [0.1, 0.15) is 64.7 Å². The third-order valence-electron chi connectivity index (χ3n) is 15.9. The largest absolute Gasteiger partial charge is 0.508 e. The first kappa shape index (κ1) is 57.9. The van der Waals surface area contributed by atoms with Gasteiger partial charge in [-0.2, -0.15) is 0 Å². The number of phenols is 1. The average molecular weight is 1120 g/mol. The van der Waals surface area contributed by atoms with Crippen LogP contribution in [0.1, 0.15) is 93.7 Å². The number of aliphatic hydroxyl groups is 1. The molecule has 5 aliphatic rings. The maximum absolute atomic E-state index is 17.3. The van der Waals surface area contributed by atoms with Gasteiger partial charge in [-0.3, -0.25) is 19.6 Å². The fourth-order valence-electron chi connectivity index (χ4n) is 11.7. The highest BCUT2D eigenvalue weighted by molar-refractivity contribution is 6.29. The van der Waals surface area contributed by atoms with E-state index in [-0.39, 0.29) is 107 Å². The van der Waals surface area contributed by atoms with Gasteiger partial charge in [-0.05, 0) is 110 Å². The van der Waals surface area contributed by atoms with Crippen molar-refractivity contribution >= 4 is 46.9 Å². The molecule has 0 radical (unpaired) electrons. The summed E-state index contributed by atoms with van der Waals surface area (Å²) in [7, 11) is 1.00. The molecule has 2 amide bonds.